The van der Waals surface area contributed by atoms with Crippen LogP contribution in [0.1, 0.15) is 33.6 Å². The Labute approximate surface area is 239 Å². The van der Waals surface area contributed by atoms with E-state index in [2.05, 4.69) is 5.32 Å². The van der Waals surface area contributed by atoms with Gasteiger partial charge in [-0.15, -0.1) is 0 Å². The van der Waals surface area contributed by atoms with Crippen molar-refractivity contribution in [3.63, 3.8) is 0 Å². The zero-order chi connectivity index (χ0) is 30.9. The zero-order valence-corrected chi connectivity index (χ0v) is 24.2. The fourth-order valence-electron chi connectivity index (χ4n) is 4.78. The molecular weight excluding hydrogens is 536 g/mol. The molecule has 12 heteroatoms. The summed E-state index contributed by atoms with van der Waals surface area (Å²) in [5.41, 5.74) is 5.64. The number of fused-ring (bicyclic) bond motifs is 2. The number of nitrogens with two attached hydrogens (primary N) is 1. The van der Waals surface area contributed by atoms with Crippen LogP contribution in [-0.2, 0) is 33.3 Å². The van der Waals surface area contributed by atoms with Crippen LogP contribution in [0.2, 0.25) is 0 Å². The number of carbonyl (C=O) groups is 4. The number of hydrogen-bond donors (Lipinski definition) is 4. The van der Waals surface area contributed by atoms with Crippen molar-refractivity contribution >= 4 is 23.6 Å². The van der Waals surface area contributed by atoms with E-state index in [0.717, 1.165) is 6.08 Å². The van der Waals surface area contributed by atoms with Crippen LogP contribution >= 0.6 is 0 Å². The van der Waals surface area contributed by atoms with Crippen LogP contribution in [0.25, 0.3) is 0 Å². The van der Waals surface area contributed by atoms with Crippen LogP contribution in [0, 0.1) is 11.8 Å². The van der Waals surface area contributed by atoms with E-state index in [4.69, 9.17) is 24.7 Å². The highest BCUT2D eigenvalue weighted by Gasteiger charge is 2.34. The average Bonchev–Trinajstić information content (AvgIpc) is 2.93. The highest BCUT2D eigenvalue weighted by Crippen LogP contribution is 2.29. The third-order valence-electron chi connectivity index (χ3n) is 7.00. The Morgan fingerprint density at radius 3 is 2.39 bits per heavy atom. The van der Waals surface area contributed by atoms with E-state index in [9.17, 15) is 29.4 Å². The van der Waals surface area contributed by atoms with Crippen LogP contribution in [0.4, 0.5) is 4.79 Å². The average molecular weight is 577 g/mol. The van der Waals surface area contributed by atoms with Crippen molar-refractivity contribution in [1.29, 1.82) is 0 Å². The normalized spacial score (nSPS) is 32.2. The number of hydrogen-bond acceptors (Lipinski definition) is 10. The summed E-state index contributed by atoms with van der Waals surface area (Å²) in [6.07, 6.45) is 2.41. The molecule has 0 aromatic rings. The van der Waals surface area contributed by atoms with E-state index in [1.54, 1.807) is 13.0 Å². The summed E-state index contributed by atoms with van der Waals surface area (Å²) < 4.78 is 21.6. The molecule has 1 aliphatic heterocycles. The van der Waals surface area contributed by atoms with Crippen molar-refractivity contribution in [2.45, 2.75) is 58.0 Å². The number of amides is 2. The maximum atomic E-state index is 13.3. The van der Waals surface area contributed by atoms with E-state index in [-0.39, 0.29) is 46.9 Å². The summed E-state index contributed by atoms with van der Waals surface area (Å²) in [7, 11) is 4.09. The van der Waals surface area contributed by atoms with Crippen LogP contribution in [0.3, 0.4) is 0 Å². The van der Waals surface area contributed by atoms with Gasteiger partial charge in [-0.25, -0.2) is 4.79 Å². The Morgan fingerprint density at radius 2 is 1.83 bits per heavy atom. The highest BCUT2D eigenvalue weighted by atomic mass is 16.6. The molecule has 0 aromatic heterocycles. The van der Waals surface area contributed by atoms with Gasteiger partial charge in [0.1, 0.15) is 6.10 Å². The largest absolute Gasteiger partial charge is 0.492 e. The lowest BCUT2D eigenvalue weighted by atomic mass is 9.85. The third-order valence-corrected chi connectivity index (χ3v) is 7.00. The number of carbonyl (C=O) groups excluding carboxylic acids is 4. The van der Waals surface area contributed by atoms with Gasteiger partial charge in [-0.1, -0.05) is 38.2 Å². The predicted molar refractivity (Wildman–Crippen MR) is 148 cm³/mol. The van der Waals surface area contributed by atoms with Crippen LogP contribution in [-0.4, -0.2) is 86.1 Å². The van der Waals surface area contributed by atoms with E-state index >= 15 is 0 Å². The second-order valence-corrected chi connectivity index (χ2v) is 10.1. The third kappa shape index (κ3) is 8.70. The van der Waals surface area contributed by atoms with E-state index < -0.39 is 60.5 Å². The van der Waals surface area contributed by atoms with Crippen LogP contribution in [0.15, 0.2) is 58.6 Å². The molecule has 2 amide bonds. The van der Waals surface area contributed by atoms with Crippen molar-refractivity contribution < 1.29 is 48.3 Å². The monoisotopic (exact) mass is 576 g/mol. The summed E-state index contributed by atoms with van der Waals surface area (Å²) in [5.74, 6) is -2.70. The molecule has 41 heavy (non-hydrogen) atoms. The second-order valence-electron chi connectivity index (χ2n) is 10.1. The van der Waals surface area contributed by atoms with Crippen molar-refractivity contribution in [2.75, 3.05) is 27.9 Å². The van der Waals surface area contributed by atoms with Gasteiger partial charge in [0.2, 0.25) is 11.6 Å². The molecule has 226 valence electrons. The van der Waals surface area contributed by atoms with Gasteiger partial charge < -0.3 is 40.2 Å². The smallest absolute Gasteiger partial charge is 0.405 e. The Hall–Kier alpha value is -3.58. The molecular formula is C29H40N2O10. The summed E-state index contributed by atoms with van der Waals surface area (Å²) in [5, 5.41) is 23.8. The Kier molecular flexibility index (Phi) is 12.7. The lowest BCUT2D eigenvalue weighted by Crippen LogP contribution is -2.38. The molecule has 1 aliphatic carbocycles. The maximum Gasteiger partial charge on any atom is 0.405 e. The molecule has 0 fully saturated rings. The number of allylic oxidation sites excluding steroid dienone is 4. The van der Waals surface area contributed by atoms with Gasteiger partial charge in [-0.3, -0.25) is 14.4 Å². The number of methoxy groups -OCH3 is 3. The molecule has 6 atom stereocenters. The van der Waals surface area contributed by atoms with Crippen molar-refractivity contribution in [3.05, 3.63) is 58.6 Å². The van der Waals surface area contributed by atoms with E-state index in [1.807, 2.05) is 6.92 Å². The quantitative estimate of drug-likeness (QED) is 0.275. The molecule has 12 nitrogen and oxygen atoms in total. The number of aliphatic hydroxyl groups excluding tert-OH is 2. The molecule has 0 saturated carbocycles. The number of ether oxygens (including phenoxy) is 4. The van der Waals surface area contributed by atoms with Gasteiger partial charge >= 0.3 is 6.09 Å². The van der Waals surface area contributed by atoms with Crippen molar-refractivity contribution in [2.24, 2.45) is 17.6 Å². The fraction of sp³-hybridized carbons (Fsp3) is 0.517. The molecule has 0 unspecified atom stereocenters. The van der Waals surface area contributed by atoms with Gasteiger partial charge in [0.25, 0.3) is 5.91 Å². The molecule has 5 N–H and O–H groups in total. The first-order chi connectivity index (χ1) is 19.4. The van der Waals surface area contributed by atoms with Crippen LogP contribution in [0.5, 0.6) is 0 Å². The van der Waals surface area contributed by atoms with Gasteiger partial charge in [0.15, 0.2) is 11.9 Å². The highest BCUT2D eigenvalue weighted by molar-refractivity contribution is 6.23. The van der Waals surface area contributed by atoms with Crippen molar-refractivity contribution in [1.82, 2.24) is 5.32 Å². The Bertz CT molecular complexity index is 1170. The van der Waals surface area contributed by atoms with Gasteiger partial charge in [0.05, 0.1) is 31.6 Å². The molecule has 2 bridgehead atoms. The lowest BCUT2D eigenvalue weighted by molar-refractivity contribution is -0.120. The van der Waals surface area contributed by atoms with Gasteiger partial charge in [-0.05, 0) is 31.3 Å². The number of Topliss-reactive ketones (excluding diaryl/α,β-unsaturated/α-hetero) is 1. The molecule has 2 aliphatic rings. The number of nitrogens with one attached hydrogen (secondary N) is 1. The number of rotatable bonds is 5. The van der Waals surface area contributed by atoms with Gasteiger partial charge in [-0.2, -0.15) is 0 Å². The minimum atomic E-state index is -1.15. The molecule has 1 heterocycles. The number of ketones is 2. The SMILES string of the molecule is COC1=C2C[C@@H](C)C[C@H](OC)[C@H](O)[C@@H](C)/C=C(\CO)[C@H](OC(N)=O)[C@@H](OC)/C=C/C=C(/C)C(=O)NC(=CC1=O)C2=O. The molecule has 0 spiro atoms. The molecule has 0 aromatic carbocycles. The molecule has 0 radical (unpaired) electrons. The van der Waals surface area contributed by atoms with Crippen molar-refractivity contribution in [3.8, 4) is 0 Å². The summed E-state index contributed by atoms with van der Waals surface area (Å²) in [6.45, 7) is 4.50. The summed E-state index contributed by atoms with van der Waals surface area (Å²) >= 11 is 0. The van der Waals surface area contributed by atoms with Gasteiger partial charge in [0, 0.05) is 37.4 Å². The first-order valence-corrected chi connectivity index (χ1v) is 13.1. The fourth-order valence-corrected chi connectivity index (χ4v) is 4.78. The van der Waals surface area contributed by atoms with E-state index in [0.29, 0.717) is 0 Å². The standard InChI is InChI=1S/C29H40N2O10/c1-15-10-19-25(35)20(13-21(33)27(19)40-6)31-28(36)16(2)8-7-9-22(38-4)26(41-29(30)37)18(14-32)12-17(3)24(34)23(11-15)39-5/h7-9,12-13,15,17,22-24,26,32,34H,10-11,14H2,1-6H3,(H2,30,37)(H,31,36)/b9-7+,16-8-,18-12+/t15-,17+,22+,23+,24-,26+/m1/s1. The predicted octanol–water partition coefficient (Wildman–Crippen LogP) is 1.38. The van der Waals surface area contributed by atoms with E-state index in [1.165, 1.54) is 46.5 Å². The summed E-state index contributed by atoms with van der Waals surface area (Å²) in [6, 6.07) is 0. The second kappa shape index (κ2) is 15.4. The Balaban J connectivity index is 2.64. The topological polar surface area (TPSA) is 184 Å². The number of aliphatic hydroxyl groups is 2. The zero-order valence-electron chi connectivity index (χ0n) is 24.2. The minimum absolute atomic E-state index is 0.106. The number of primary amides is 1. The first kappa shape index (κ1) is 33.6. The van der Waals surface area contributed by atoms with Crippen LogP contribution < -0.4 is 11.1 Å². The lowest BCUT2D eigenvalue weighted by Gasteiger charge is -2.30. The minimum Gasteiger partial charge on any atom is -0.492 e. The maximum absolute atomic E-state index is 13.3. The summed E-state index contributed by atoms with van der Waals surface area (Å²) in [4.78, 5) is 50.7. The molecule has 0 saturated heterocycles. The Morgan fingerprint density at radius 1 is 1.15 bits per heavy atom. The molecule has 2 rings (SSSR count). The first-order valence-electron chi connectivity index (χ1n) is 13.1.